The molecule has 0 fully saturated rings. The van der Waals surface area contributed by atoms with Crippen LogP contribution in [-0.2, 0) is 9.59 Å². The Kier molecular flexibility index (Phi) is 4.66. The van der Waals surface area contributed by atoms with Crippen molar-refractivity contribution in [2.45, 2.75) is 26.3 Å². The summed E-state index contributed by atoms with van der Waals surface area (Å²) in [6, 6.07) is 6.33. The van der Waals surface area contributed by atoms with Crippen molar-refractivity contribution in [3.8, 4) is 0 Å². The molecule has 0 aromatic heterocycles. The normalized spacial score (nSPS) is 11.7. The first-order valence-corrected chi connectivity index (χ1v) is 5.49. The Morgan fingerprint density at radius 1 is 1.18 bits per heavy atom. The Morgan fingerprint density at radius 2 is 1.65 bits per heavy atom. The molecule has 4 N–H and O–H groups in total. The second-order valence-electron chi connectivity index (χ2n) is 3.76. The topological polar surface area (TPSA) is 84.2 Å². The Hall–Kier alpha value is -1.88. The van der Waals surface area contributed by atoms with Crippen molar-refractivity contribution >= 4 is 23.2 Å². The van der Waals surface area contributed by atoms with Gasteiger partial charge in [-0.05, 0) is 31.2 Å². The van der Waals surface area contributed by atoms with Gasteiger partial charge in [0.15, 0.2) is 0 Å². The van der Waals surface area contributed by atoms with E-state index in [1.54, 1.807) is 38.1 Å². The van der Waals surface area contributed by atoms with E-state index in [1.807, 2.05) is 0 Å². The van der Waals surface area contributed by atoms with Gasteiger partial charge in [-0.25, -0.2) is 0 Å². The first-order chi connectivity index (χ1) is 8.02. The van der Waals surface area contributed by atoms with Gasteiger partial charge in [0.1, 0.15) is 0 Å². The molecule has 0 saturated carbocycles. The maximum absolute atomic E-state index is 11.3. The molecule has 1 aromatic carbocycles. The molecule has 0 radical (unpaired) electrons. The average molecular weight is 235 g/mol. The van der Waals surface area contributed by atoms with Crippen LogP contribution in [0, 0.1) is 0 Å². The first kappa shape index (κ1) is 13.2. The molecule has 1 atom stereocenters. The SMILES string of the molecule is CCC(=O)Nc1ccc(NC(=O)[C@@H](C)N)cc1. The highest BCUT2D eigenvalue weighted by atomic mass is 16.2. The number of carbonyl (C=O) groups is 2. The van der Waals surface area contributed by atoms with Crippen LogP contribution >= 0.6 is 0 Å². The van der Waals surface area contributed by atoms with Crippen LogP contribution in [0.1, 0.15) is 20.3 Å². The predicted octanol–water partition coefficient (Wildman–Crippen LogP) is 1.32. The number of hydrogen-bond acceptors (Lipinski definition) is 3. The van der Waals surface area contributed by atoms with E-state index in [4.69, 9.17) is 5.73 Å². The molecule has 0 aliphatic carbocycles. The van der Waals surface area contributed by atoms with Crippen LogP contribution in [0.5, 0.6) is 0 Å². The molecule has 17 heavy (non-hydrogen) atoms. The Morgan fingerprint density at radius 3 is 2.06 bits per heavy atom. The number of carbonyl (C=O) groups excluding carboxylic acids is 2. The minimum atomic E-state index is -0.547. The molecule has 0 bridgehead atoms. The molecule has 5 heteroatoms. The third kappa shape index (κ3) is 4.24. The molecule has 0 unspecified atom stereocenters. The lowest BCUT2D eigenvalue weighted by atomic mass is 10.2. The summed E-state index contributed by atoms with van der Waals surface area (Å²) in [7, 11) is 0. The minimum absolute atomic E-state index is 0.0441. The second kappa shape index (κ2) is 6.00. The first-order valence-electron chi connectivity index (χ1n) is 5.49. The fourth-order valence-corrected chi connectivity index (χ4v) is 1.14. The number of benzene rings is 1. The lowest BCUT2D eigenvalue weighted by Gasteiger charge is -2.08. The van der Waals surface area contributed by atoms with Crippen molar-refractivity contribution in [1.82, 2.24) is 0 Å². The Bertz CT molecular complexity index is 399. The van der Waals surface area contributed by atoms with Crippen LogP contribution in [0.3, 0.4) is 0 Å². The van der Waals surface area contributed by atoms with Crippen LogP contribution in [0.15, 0.2) is 24.3 Å². The average Bonchev–Trinajstić information content (AvgIpc) is 2.31. The largest absolute Gasteiger partial charge is 0.326 e. The van der Waals surface area contributed by atoms with Crippen molar-refractivity contribution in [2.24, 2.45) is 5.73 Å². The molecule has 1 aromatic rings. The number of nitrogens with two attached hydrogens (primary N) is 1. The number of nitrogens with one attached hydrogen (secondary N) is 2. The quantitative estimate of drug-likeness (QED) is 0.735. The predicted molar refractivity (Wildman–Crippen MR) is 67.6 cm³/mol. The van der Waals surface area contributed by atoms with Gasteiger partial charge in [-0.1, -0.05) is 6.92 Å². The smallest absolute Gasteiger partial charge is 0.240 e. The van der Waals surface area contributed by atoms with E-state index in [2.05, 4.69) is 10.6 Å². The monoisotopic (exact) mass is 235 g/mol. The van der Waals surface area contributed by atoms with E-state index in [9.17, 15) is 9.59 Å². The molecule has 0 aliphatic rings. The van der Waals surface area contributed by atoms with Crippen LogP contribution < -0.4 is 16.4 Å². The summed E-state index contributed by atoms with van der Waals surface area (Å²) in [5.41, 5.74) is 6.79. The summed E-state index contributed by atoms with van der Waals surface area (Å²) in [5.74, 6) is -0.285. The molecule has 2 amide bonds. The summed E-state index contributed by atoms with van der Waals surface area (Å²) in [4.78, 5) is 22.5. The van der Waals surface area contributed by atoms with E-state index in [0.29, 0.717) is 17.8 Å². The summed E-state index contributed by atoms with van der Waals surface area (Å²) < 4.78 is 0. The third-order valence-electron chi connectivity index (χ3n) is 2.17. The standard InChI is InChI=1S/C12H17N3O2/c1-3-11(16)14-9-4-6-10(7-5-9)15-12(17)8(2)13/h4-8H,3,13H2,1-2H3,(H,14,16)(H,15,17)/t8-/m1/s1. The van der Waals surface area contributed by atoms with Crippen molar-refractivity contribution in [3.63, 3.8) is 0 Å². The highest BCUT2D eigenvalue weighted by molar-refractivity contribution is 5.95. The van der Waals surface area contributed by atoms with Gasteiger partial charge in [-0.3, -0.25) is 9.59 Å². The number of rotatable bonds is 4. The molecule has 5 nitrogen and oxygen atoms in total. The summed E-state index contributed by atoms with van der Waals surface area (Å²) in [6.45, 7) is 3.40. The van der Waals surface area contributed by atoms with Crippen molar-refractivity contribution in [2.75, 3.05) is 10.6 Å². The van der Waals surface area contributed by atoms with Gasteiger partial charge < -0.3 is 16.4 Å². The zero-order valence-electron chi connectivity index (χ0n) is 9.99. The maximum atomic E-state index is 11.3. The van der Waals surface area contributed by atoms with E-state index in [1.165, 1.54) is 0 Å². The van der Waals surface area contributed by atoms with Crippen LogP contribution in [0.4, 0.5) is 11.4 Å². The van der Waals surface area contributed by atoms with Gasteiger partial charge in [0, 0.05) is 17.8 Å². The lowest BCUT2D eigenvalue weighted by Crippen LogP contribution is -2.32. The van der Waals surface area contributed by atoms with E-state index < -0.39 is 6.04 Å². The number of amides is 2. The maximum Gasteiger partial charge on any atom is 0.240 e. The Balaban J connectivity index is 2.62. The molecule has 0 heterocycles. The number of hydrogen-bond donors (Lipinski definition) is 3. The van der Waals surface area contributed by atoms with Gasteiger partial charge in [-0.15, -0.1) is 0 Å². The molecule has 1 rings (SSSR count). The molecular formula is C12H17N3O2. The number of anilines is 2. The zero-order valence-corrected chi connectivity index (χ0v) is 9.99. The second-order valence-corrected chi connectivity index (χ2v) is 3.76. The van der Waals surface area contributed by atoms with E-state index in [0.717, 1.165) is 0 Å². The van der Waals surface area contributed by atoms with E-state index in [-0.39, 0.29) is 11.8 Å². The summed E-state index contributed by atoms with van der Waals surface area (Å²) in [5, 5.41) is 5.38. The van der Waals surface area contributed by atoms with E-state index >= 15 is 0 Å². The summed E-state index contributed by atoms with van der Waals surface area (Å²) >= 11 is 0. The van der Waals surface area contributed by atoms with Crippen LogP contribution in [-0.4, -0.2) is 17.9 Å². The van der Waals surface area contributed by atoms with Crippen molar-refractivity contribution in [1.29, 1.82) is 0 Å². The molecular weight excluding hydrogens is 218 g/mol. The molecule has 92 valence electrons. The fraction of sp³-hybridized carbons (Fsp3) is 0.333. The van der Waals surface area contributed by atoms with Gasteiger partial charge in [0.2, 0.25) is 11.8 Å². The fourth-order valence-electron chi connectivity index (χ4n) is 1.14. The van der Waals surface area contributed by atoms with Crippen LogP contribution in [0.2, 0.25) is 0 Å². The zero-order chi connectivity index (χ0) is 12.8. The van der Waals surface area contributed by atoms with Gasteiger partial charge >= 0.3 is 0 Å². The minimum Gasteiger partial charge on any atom is -0.326 e. The highest BCUT2D eigenvalue weighted by Crippen LogP contribution is 2.13. The summed E-state index contributed by atoms with van der Waals surface area (Å²) in [6.07, 6.45) is 0.434. The molecule has 0 spiro atoms. The van der Waals surface area contributed by atoms with Gasteiger partial charge in [-0.2, -0.15) is 0 Å². The van der Waals surface area contributed by atoms with Gasteiger partial charge in [0.25, 0.3) is 0 Å². The molecule has 0 aliphatic heterocycles. The van der Waals surface area contributed by atoms with Gasteiger partial charge in [0.05, 0.1) is 6.04 Å². The third-order valence-corrected chi connectivity index (χ3v) is 2.17. The van der Waals surface area contributed by atoms with Crippen molar-refractivity contribution in [3.05, 3.63) is 24.3 Å². The van der Waals surface area contributed by atoms with Crippen LogP contribution in [0.25, 0.3) is 0 Å². The lowest BCUT2D eigenvalue weighted by molar-refractivity contribution is -0.117. The van der Waals surface area contributed by atoms with Crippen molar-refractivity contribution < 1.29 is 9.59 Å². The Labute approximate surface area is 100 Å². The molecule has 0 saturated heterocycles. The highest BCUT2D eigenvalue weighted by Gasteiger charge is 2.07.